The number of aromatic hydroxyl groups is 2. The lowest BCUT2D eigenvalue weighted by Gasteiger charge is -2.22. The van der Waals surface area contributed by atoms with Gasteiger partial charge < -0.3 is 10.2 Å². The predicted octanol–water partition coefficient (Wildman–Crippen LogP) is 7.14. The van der Waals surface area contributed by atoms with Crippen molar-refractivity contribution >= 4 is 0 Å². The first-order chi connectivity index (χ1) is 13.6. The zero-order valence-electron chi connectivity index (χ0n) is 20.4. The van der Waals surface area contributed by atoms with Crippen molar-refractivity contribution in [2.45, 2.75) is 101 Å². The monoisotopic (exact) mass is 398 g/mol. The van der Waals surface area contributed by atoms with E-state index >= 15 is 0 Å². The Bertz CT molecular complexity index is 722. The Morgan fingerprint density at radius 1 is 0.379 bits per heavy atom. The molecule has 0 aliphatic rings. The normalized spacial score (nSPS) is 10.7. The number of hydrogen-bond donors (Lipinski definition) is 2. The van der Waals surface area contributed by atoms with Gasteiger partial charge in [0, 0.05) is 0 Å². The Kier molecular flexibility index (Phi) is 9.26. The van der Waals surface area contributed by atoms with Crippen LogP contribution in [0.2, 0.25) is 0 Å². The second-order valence-electron chi connectivity index (χ2n) is 7.98. The first kappa shape index (κ1) is 25.1. The Balaban J connectivity index is 0.000000308. The average molecular weight is 399 g/mol. The highest BCUT2D eigenvalue weighted by Crippen LogP contribution is 2.35. The second kappa shape index (κ2) is 10.7. The van der Waals surface area contributed by atoms with E-state index in [1.54, 1.807) is 0 Å². The van der Waals surface area contributed by atoms with Gasteiger partial charge in [0.2, 0.25) is 0 Å². The first-order valence-corrected chi connectivity index (χ1v) is 11.3. The molecule has 2 aromatic rings. The predicted molar refractivity (Wildman–Crippen MR) is 127 cm³/mol. The third kappa shape index (κ3) is 4.79. The standard InChI is InChI=1S/C16H26O.C11H16O/c1-6-11-12(7-2)14(9-4)16(17)15(10-5)13(11)8-3;1-6-7(2)9(4)11(12)10(5)8(6)3/h17H,6-10H2,1-5H3;12H,1-5H3. The molecule has 0 aliphatic heterocycles. The fraction of sp³-hybridized carbons (Fsp3) is 0.556. The Hall–Kier alpha value is -1.96. The maximum absolute atomic E-state index is 10.4. The Morgan fingerprint density at radius 2 is 0.621 bits per heavy atom. The van der Waals surface area contributed by atoms with E-state index in [0.29, 0.717) is 11.5 Å². The van der Waals surface area contributed by atoms with Crippen LogP contribution in [0.4, 0.5) is 0 Å². The van der Waals surface area contributed by atoms with Crippen LogP contribution in [0.1, 0.15) is 90.3 Å². The smallest absolute Gasteiger partial charge is 0.122 e. The lowest BCUT2D eigenvalue weighted by Crippen LogP contribution is -2.07. The quantitative estimate of drug-likeness (QED) is 0.562. The minimum atomic E-state index is 0.454. The van der Waals surface area contributed by atoms with E-state index in [9.17, 15) is 10.2 Å². The molecule has 0 fully saturated rings. The van der Waals surface area contributed by atoms with Crippen LogP contribution in [0.3, 0.4) is 0 Å². The third-order valence-electron chi connectivity index (χ3n) is 6.76. The minimum Gasteiger partial charge on any atom is -0.507 e. The highest BCUT2D eigenvalue weighted by Gasteiger charge is 2.18. The summed E-state index contributed by atoms with van der Waals surface area (Å²) in [5.74, 6) is 1.02. The van der Waals surface area contributed by atoms with E-state index in [2.05, 4.69) is 55.4 Å². The number of phenolic OH excluding ortho intramolecular Hbond substituents is 2. The average Bonchev–Trinajstić information content (AvgIpc) is 2.74. The third-order valence-corrected chi connectivity index (χ3v) is 6.76. The van der Waals surface area contributed by atoms with Gasteiger partial charge in [0.25, 0.3) is 0 Å². The molecule has 2 heteroatoms. The molecular formula is C27H42O2. The van der Waals surface area contributed by atoms with Crippen LogP contribution in [-0.2, 0) is 32.1 Å². The van der Waals surface area contributed by atoms with Crippen molar-refractivity contribution in [2.75, 3.05) is 0 Å². The van der Waals surface area contributed by atoms with Crippen LogP contribution in [0, 0.1) is 34.6 Å². The van der Waals surface area contributed by atoms with E-state index < -0.39 is 0 Å². The van der Waals surface area contributed by atoms with E-state index in [-0.39, 0.29) is 0 Å². The van der Waals surface area contributed by atoms with Crippen molar-refractivity contribution in [2.24, 2.45) is 0 Å². The summed E-state index contributed by atoms with van der Waals surface area (Å²) in [6.45, 7) is 21.0. The highest BCUT2D eigenvalue weighted by molar-refractivity contribution is 5.55. The first-order valence-electron chi connectivity index (χ1n) is 11.3. The summed E-state index contributed by atoms with van der Waals surface area (Å²) >= 11 is 0. The van der Waals surface area contributed by atoms with Gasteiger partial charge >= 0.3 is 0 Å². The highest BCUT2D eigenvalue weighted by atomic mass is 16.3. The molecular weight excluding hydrogens is 356 g/mol. The van der Waals surface area contributed by atoms with Gasteiger partial charge in [-0.3, -0.25) is 0 Å². The number of rotatable bonds is 5. The van der Waals surface area contributed by atoms with Crippen LogP contribution < -0.4 is 0 Å². The largest absolute Gasteiger partial charge is 0.507 e. The molecule has 0 aromatic heterocycles. The molecule has 0 bridgehead atoms. The van der Waals surface area contributed by atoms with Crippen LogP contribution >= 0.6 is 0 Å². The molecule has 2 N–H and O–H groups in total. The Morgan fingerprint density at radius 3 is 0.897 bits per heavy atom. The summed E-state index contributed by atoms with van der Waals surface area (Å²) in [4.78, 5) is 0. The maximum Gasteiger partial charge on any atom is 0.122 e. The van der Waals surface area contributed by atoms with Gasteiger partial charge in [-0.15, -0.1) is 0 Å². The fourth-order valence-electron chi connectivity index (χ4n) is 4.54. The van der Waals surface area contributed by atoms with Gasteiger partial charge in [-0.1, -0.05) is 34.6 Å². The molecule has 0 saturated heterocycles. The lowest BCUT2D eigenvalue weighted by molar-refractivity contribution is 0.459. The Labute approximate surface area is 179 Å². The van der Waals surface area contributed by atoms with Crippen LogP contribution in [0.25, 0.3) is 0 Å². The van der Waals surface area contributed by atoms with Crippen molar-refractivity contribution in [1.82, 2.24) is 0 Å². The van der Waals surface area contributed by atoms with E-state index in [1.165, 1.54) is 44.5 Å². The molecule has 0 amide bonds. The van der Waals surface area contributed by atoms with E-state index in [1.807, 2.05) is 13.8 Å². The van der Waals surface area contributed by atoms with Crippen LogP contribution in [0.15, 0.2) is 0 Å². The van der Waals surface area contributed by atoms with Gasteiger partial charge in [-0.25, -0.2) is 0 Å². The number of phenols is 2. The molecule has 2 rings (SSSR count). The molecule has 0 radical (unpaired) electrons. The molecule has 2 aromatic carbocycles. The minimum absolute atomic E-state index is 0.454. The summed E-state index contributed by atoms with van der Waals surface area (Å²) in [6, 6.07) is 0. The molecule has 0 heterocycles. The number of hydrogen-bond acceptors (Lipinski definition) is 2. The maximum atomic E-state index is 10.4. The summed E-state index contributed by atoms with van der Waals surface area (Å²) < 4.78 is 0. The fourth-order valence-corrected chi connectivity index (χ4v) is 4.54. The summed E-state index contributed by atoms with van der Waals surface area (Å²) in [6.07, 6.45) is 4.98. The molecule has 29 heavy (non-hydrogen) atoms. The van der Waals surface area contributed by atoms with Crippen molar-refractivity contribution < 1.29 is 10.2 Å². The van der Waals surface area contributed by atoms with Crippen LogP contribution in [0.5, 0.6) is 11.5 Å². The summed E-state index contributed by atoms with van der Waals surface area (Å²) in [5, 5.41) is 20.1. The summed E-state index contributed by atoms with van der Waals surface area (Å²) in [5.41, 5.74) is 12.3. The lowest BCUT2D eigenvalue weighted by atomic mass is 9.85. The molecule has 0 spiro atoms. The SMILES string of the molecule is CCc1c(O)c(CC)c(CC)c(CC)c1CC.Cc1c(C)c(C)c(O)c(C)c1C. The molecule has 0 atom stereocenters. The molecule has 0 unspecified atom stereocenters. The molecule has 0 saturated carbocycles. The van der Waals surface area contributed by atoms with Crippen molar-refractivity contribution in [3.05, 3.63) is 55.6 Å². The van der Waals surface area contributed by atoms with Crippen molar-refractivity contribution in [3.63, 3.8) is 0 Å². The molecule has 162 valence electrons. The van der Waals surface area contributed by atoms with E-state index in [4.69, 9.17) is 0 Å². The van der Waals surface area contributed by atoms with Gasteiger partial charge in [-0.2, -0.15) is 0 Å². The topological polar surface area (TPSA) is 40.5 Å². The summed E-state index contributed by atoms with van der Waals surface area (Å²) in [7, 11) is 0. The zero-order chi connectivity index (χ0) is 22.5. The van der Waals surface area contributed by atoms with E-state index in [0.717, 1.165) is 43.2 Å². The molecule has 2 nitrogen and oxygen atoms in total. The van der Waals surface area contributed by atoms with Crippen molar-refractivity contribution in [3.8, 4) is 11.5 Å². The zero-order valence-corrected chi connectivity index (χ0v) is 20.4. The van der Waals surface area contributed by atoms with Crippen LogP contribution in [-0.4, -0.2) is 10.2 Å². The van der Waals surface area contributed by atoms with Gasteiger partial charge in [0.15, 0.2) is 0 Å². The second-order valence-corrected chi connectivity index (χ2v) is 7.98. The van der Waals surface area contributed by atoms with Gasteiger partial charge in [0.1, 0.15) is 11.5 Å². The van der Waals surface area contributed by atoms with Gasteiger partial charge in [0.05, 0.1) is 0 Å². The van der Waals surface area contributed by atoms with Gasteiger partial charge in [-0.05, 0) is 122 Å². The molecule has 0 aliphatic carbocycles. The van der Waals surface area contributed by atoms with Crippen molar-refractivity contribution in [1.29, 1.82) is 0 Å². The number of benzene rings is 2.